The van der Waals surface area contributed by atoms with Gasteiger partial charge in [0.25, 0.3) is 0 Å². The first-order valence-electron chi connectivity index (χ1n) is 6.49. The van der Waals surface area contributed by atoms with Crippen LogP contribution in [0.1, 0.15) is 28.4 Å². The van der Waals surface area contributed by atoms with Crippen molar-refractivity contribution in [3.05, 3.63) is 40.1 Å². The van der Waals surface area contributed by atoms with Gasteiger partial charge < -0.3 is 14.6 Å². The highest BCUT2D eigenvalue weighted by Crippen LogP contribution is 2.26. The first-order valence-corrected chi connectivity index (χ1v) is 7.30. The fraction of sp³-hybridized carbons (Fsp3) is 0.500. The van der Waals surface area contributed by atoms with Gasteiger partial charge in [0.15, 0.2) is 0 Å². The molecule has 0 fully saturated rings. The molecule has 0 saturated heterocycles. The van der Waals surface area contributed by atoms with E-state index in [1.54, 1.807) is 7.11 Å². The van der Waals surface area contributed by atoms with E-state index in [2.05, 4.69) is 40.8 Å². The Balaban J connectivity index is 2.02. The number of aromatic nitrogens is 2. The number of hydrogen-bond acceptors (Lipinski definition) is 4. The monoisotopic (exact) mass is 279 g/mol. The lowest BCUT2D eigenvalue weighted by Gasteiger charge is -2.15. The maximum Gasteiger partial charge on any atom is 0.0954 e. The minimum absolute atomic E-state index is 0.334. The van der Waals surface area contributed by atoms with Crippen LogP contribution in [0.3, 0.4) is 0 Å². The van der Waals surface area contributed by atoms with Gasteiger partial charge in [-0.05, 0) is 26.0 Å². The number of nitrogens with zero attached hydrogens (tertiary/aromatic N) is 2. The average Bonchev–Trinajstić information content (AvgIpc) is 3.03. The summed E-state index contributed by atoms with van der Waals surface area (Å²) in [5, 5.41) is 3.36. The molecule has 0 radical (unpaired) electrons. The molecule has 0 aliphatic rings. The zero-order chi connectivity index (χ0) is 13.7. The van der Waals surface area contributed by atoms with Crippen LogP contribution >= 0.6 is 11.3 Å². The second-order valence-corrected chi connectivity index (χ2v) is 5.91. The van der Waals surface area contributed by atoms with Crippen molar-refractivity contribution in [1.29, 1.82) is 0 Å². The molecule has 0 aliphatic heterocycles. The van der Waals surface area contributed by atoms with E-state index >= 15 is 0 Å². The normalized spacial score (nSPS) is 12.8. The van der Waals surface area contributed by atoms with Crippen molar-refractivity contribution in [3.8, 4) is 0 Å². The first kappa shape index (κ1) is 14.2. The molecule has 0 aliphatic carbocycles. The van der Waals surface area contributed by atoms with E-state index in [9.17, 15) is 0 Å². The number of nitrogens with one attached hydrogen (secondary N) is 1. The molecule has 0 spiro atoms. The molecule has 1 atom stereocenters. The summed E-state index contributed by atoms with van der Waals surface area (Å²) < 4.78 is 7.26. The second-order valence-electron chi connectivity index (χ2n) is 4.59. The van der Waals surface area contributed by atoms with Gasteiger partial charge in [-0.1, -0.05) is 0 Å². The van der Waals surface area contributed by atoms with Gasteiger partial charge in [0, 0.05) is 36.2 Å². The van der Waals surface area contributed by atoms with Crippen molar-refractivity contribution in [2.45, 2.75) is 26.4 Å². The number of rotatable bonds is 7. The van der Waals surface area contributed by atoms with Crippen LogP contribution in [0.2, 0.25) is 0 Å². The molecule has 104 valence electrons. The van der Waals surface area contributed by atoms with Crippen LogP contribution in [-0.4, -0.2) is 29.8 Å². The summed E-state index contributed by atoms with van der Waals surface area (Å²) in [6.45, 7) is 6.76. The number of ether oxygens (including phenoxy) is 1. The molecule has 5 heteroatoms. The van der Waals surface area contributed by atoms with Gasteiger partial charge in [-0.25, -0.2) is 4.98 Å². The minimum atomic E-state index is 0.334. The van der Waals surface area contributed by atoms with Gasteiger partial charge in [-0.3, -0.25) is 0 Å². The van der Waals surface area contributed by atoms with Crippen molar-refractivity contribution < 1.29 is 4.74 Å². The lowest BCUT2D eigenvalue weighted by atomic mass is 10.2. The Kier molecular flexibility index (Phi) is 5.13. The molecule has 0 bridgehead atoms. The fourth-order valence-corrected chi connectivity index (χ4v) is 2.95. The summed E-state index contributed by atoms with van der Waals surface area (Å²) >= 11 is 1.85. The van der Waals surface area contributed by atoms with E-state index in [0.717, 1.165) is 19.7 Å². The highest BCUT2D eigenvalue weighted by molar-refractivity contribution is 7.12. The summed E-state index contributed by atoms with van der Waals surface area (Å²) in [5.74, 6) is 0. The van der Waals surface area contributed by atoms with Crippen LogP contribution in [0.4, 0.5) is 0 Å². The Labute approximate surface area is 118 Å². The Morgan fingerprint density at radius 2 is 2.32 bits per heavy atom. The van der Waals surface area contributed by atoms with Crippen LogP contribution in [0, 0.1) is 6.92 Å². The van der Waals surface area contributed by atoms with Gasteiger partial charge in [0.2, 0.25) is 0 Å². The predicted molar refractivity (Wildman–Crippen MR) is 78.7 cm³/mol. The Morgan fingerprint density at radius 1 is 1.47 bits per heavy atom. The predicted octanol–water partition coefficient (Wildman–Crippen LogP) is 2.60. The zero-order valence-electron chi connectivity index (χ0n) is 11.7. The molecular weight excluding hydrogens is 258 g/mol. The van der Waals surface area contributed by atoms with Crippen molar-refractivity contribution in [3.63, 3.8) is 0 Å². The van der Waals surface area contributed by atoms with Crippen LogP contribution in [0.5, 0.6) is 0 Å². The summed E-state index contributed by atoms with van der Waals surface area (Å²) in [6.07, 6.45) is 3.84. The summed E-state index contributed by atoms with van der Waals surface area (Å²) in [5.41, 5.74) is 1.20. The topological polar surface area (TPSA) is 39.1 Å². The molecule has 2 aromatic rings. The third-order valence-corrected chi connectivity index (χ3v) is 4.30. The third kappa shape index (κ3) is 3.65. The van der Waals surface area contributed by atoms with E-state index in [1.807, 2.05) is 23.9 Å². The lowest BCUT2D eigenvalue weighted by Crippen LogP contribution is -2.21. The molecule has 0 aromatic carbocycles. The molecule has 0 saturated carbocycles. The maximum atomic E-state index is 5.03. The van der Waals surface area contributed by atoms with Gasteiger partial charge >= 0.3 is 0 Å². The molecule has 2 heterocycles. The summed E-state index contributed by atoms with van der Waals surface area (Å²) in [6, 6.07) is 4.71. The summed E-state index contributed by atoms with van der Waals surface area (Å²) in [4.78, 5) is 6.99. The lowest BCUT2D eigenvalue weighted by molar-refractivity contribution is 0.199. The van der Waals surface area contributed by atoms with Crippen LogP contribution < -0.4 is 5.32 Å². The maximum absolute atomic E-state index is 5.03. The van der Waals surface area contributed by atoms with Crippen molar-refractivity contribution in [1.82, 2.24) is 14.9 Å². The molecular formula is C14H21N3OS. The smallest absolute Gasteiger partial charge is 0.0954 e. The first-order chi connectivity index (χ1) is 9.22. The Bertz CT molecular complexity index is 506. The standard InChI is InChI=1S/C14H21N3OS/c1-11-4-5-14(19-11)12(2)17-10-16-9-13(17)8-15-6-7-18-3/h4-5,9-10,12,15H,6-8H2,1-3H3. The highest BCUT2D eigenvalue weighted by atomic mass is 32.1. The van der Waals surface area contributed by atoms with E-state index in [0.29, 0.717) is 6.04 Å². The number of hydrogen-bond donors (Lipinski definition) is 1. The number of aryl methyl sites for hydroxylation is 1. The molecule has 0 amide bonds. The fourth-order valence-electron chi connectivity index (χ4n) is 2.02. The minimum Gasteiger partial charge on any atom is -0.383 e. The van der Waals surface area contributed by atoms with E-state index in [1.165, 1.54) is 15.4 Å². The van der Waals surface area contributed by atoms with Gasteiger partial charge in [-0.15, -0.1) is 11.3 Å². The Morgan fingerprint density at radius 3 is 3.00 bits per heavy atom. The highest BCUT2D eigenvalue weighted by Gasteiger charge is 2.12. The van der Waals surface area contributed by atoms with Gasteiger partial charge in [0.1, 0.15) is 0 Å². The number of methoxy groups -OCH3 is 1. The van der Waals surface area contributed by atoms with Crippen molar-refractivity contribution in [2.24, 2.45) is 0 Å². The summed E-state index contributed by atoms with van der Waals surface area (Å²) in [7, 11) is 1.72. The van der Waals surface area contributed by atoms with Gasteiger partial charge in [-0.2, -0.15) is 0 Å². The van der Waals surface area contributed by atoms with Crippen LogP contribution in [-0.2, 0) is 11.3 Å². The molecule has 1 unspecified atom stereocenters. The SMILES string of the molecule is COCCNCc1cncn1C(C)c1ccc(C)s1. The van der Waals surface area contributed by atoms with E-state index < -0.39 is 0 Å². The third-order valence-electron chi connectivity index (χ3n) is 3.13. The Hall–Kier alpha value is -1.17. The van der Waals surface area contributed by atoms with Gasteiger partial charge in [0.05, 0.1) is 24.7 Å². The van der Waals surface area contributed by atoms with E-state index in [4.69, 9.17) is 4.74 Å². The van der Waals surface area contributed by atoms with Crippen molar-refractivity contribution >= 4 is 11.3 Å². The largest absolute Gasteiger partial charge is 0.383 e. The van der Waals surface area contributed by atoms with Crippen LogP contribution in [0.15, 0.2) is 24.7 Å². The number of thiophene rings is 1. The molecule has 1 N–H and O–H groups in total. The second kappa shape index (κ2) is 6.84. The average molecular weight is 279 g/mol. The molecule has 19 heavy (non-hydrogen) atoms. The van der Waals surface area contributed by atoms with Crippen LogP contribution in [0.25, 0.3) is 0 Å². The quantitative estimate of drug-likeness (QED) is 0.792. The zero-order valence-corrected chi connectivity index (χ0v) is 12.5. The number of imidazole rings is 1. The van der Waals surface area contributed by atoms with E-state index in [-0.39, 0.29) is 0 Å². The molecule has 2 aromatic heterocycles. The molecule has 4 nitrogen and oxygen atoms in total. The van der Waals surface area contributed by atoms with Crippen molar-refractivity contribution in [2.75, 3.05) is 20.3 Å². The molecule has 2 rings (SSSR count).